The van der Waals surface area contributed by atoms with Gasteiger partial charge < -0.3 is 14.4 Å². The zero-order valence-electron chi connectivity index (χ0n) is 11.6. The summed E-state index contributed by atoms with van der Waals surface area (Å²) in [6, 6.07) is 3.10. The summed E-state index contributed by atoms with van der Waals surface area (Å²) < 4.78 is 10.3. The highest BCUT2D eigenvalue weighted by molar-refractivity contribution is 5.46. The van der Waals surface area contributed by atoms with Gasteiger partial charge in [0.1, 0.15) is 11.5 Å². The van der Waals surface area contributed by atoms with Gasteiger partial charge in [0.25, 0.3) is 5.69 Å². The van der Waals surface area contributed by atoms with Gasteiger partial charge in [0.15, 0.2) is 6.29 Å². The maximum atomic E-state index is 10.8. The Hall–Kier alpha value is -1.73. The fourth-order valence-electron chi connectivity index (χ4n) is 1.72. The Morgan fingerprint density at radius 2 is 2.05 bits per heavy atom. The standard InChI is InChI=1S/C12H19N3O4/c1-5-14(8-12(18-3)19-4)11-7-6-10(15(16)17)9(2)13-11/h6-7,12H,5,8H2,1-4H3. The van der Waals surface area contributed by atoms with Crippen molar-refractivity contribution in [2.45, 2.75) is 20.1 Å². The van der Waals surface area contributed by atoms with Crippen LogP contribution in [0.3, 0.4) is 0 Å². The van der Waals surface area contributed by atoms with Crippen molar-refractivity contribution < 1.29 is 14.4 Å². The van der Waals surface area contributed by atoms with E-state index in [-0.39, 0.29) is 12.0 Å². The van der Waals surface area contributed by atoms with E-state index in [0.717, 1.165) is 0 Å². The number of nitrogens with zero attached hydrogens (tertiary/aromatic N) is 3. The van der Waals surface area contributed by atoms with Crippen LogP contribution in [-0.4, -0.2) is 43.5 Å². The molecule has 0 aliphatic rings. The Kier molecular flexibility index (Phi) is 5.65. The highest BCUT2D eigenvalue weighted by Crippen LogP contribution is 2.20. The minimum absolute atomic E-state index is 0.0230. The smallest absolute Gasteiger partial charge is 0.290 e. The van der Waals surface area contributed by atoms with Crippen LogP contribution < -0.4 is 4.90 Å². The van der Waals surface area contributed by atoms with E-state index >= 15 is 0 Å². The molecule has 0 saturated heterocycles. The molecule has 0 aromatic carbocycles. The molecule has 106 valence electrons. The first kappa shape index (κ1) is 15.3. The number of hydrogen-bond acceptors (Lipinski definition) is 6. The van der Waals surface area contributed by atoms with Crippen molar-refractivity contribution >= 4 is 11.5 Å². The van der Waals surface area contributed by atoms with Gasteiger partial charge in [-0.05, 0) is 19.9 Å². The van der Waals surface area contributed by atoms with Gasteiger partial charge >= 0.3 is 0 Å². The van der Waals surface area contributed by atoms with E-state index in [2.05, 4.69) is 4.98 Å². The van der Waals surface area contributed by atoms with Crippen LogP contribution in [0.5, 0.6) is 0 Å². The van der Waals surface area contributed by atoms with Crippen LogP contribution in [0.25, 0.3) is 0 Å². The van der Waals surface area contributed by atoms with Gasteiger partial charge in [-0.15, -0.1) is 0 Å². The zero-order chi connectivity index (χ0) is 14.4. The summed E-state index contributed by atoms with van der Waals surface area (Å²) >= 11 is 0. The average Bonchev–Trinajstić information content (AvgIpc) is 2.39. The van der Waals surface area contributed by atoms with E-state index in [4.69, 9.17) is 9.47 Å². The Bertz CT molecular complexity index is 435. The van der Waals surface area contributed by atoms with Crippen molar-refractivity contribution in [3.8, 4) is 0 Å². The minimum Gasteiger partial charge on any atom is -0.354 e. The molecule has 7 heteroatoms. The number of pyridine rings is 1. The average molecular weight is 269 g/mol. The molecule has 0 radical (unpaired) electrons. The molecule has 19 heavy (non-hydrogen) atoms. The van der Waals surface area contributed by atoms with Gasteiger partial charge in [-0.2, -0.15) is 0 Å². The summed E-state index contributed by atoms with van der Waals surface area (Å²) in [5.41, 5.74) is 0.419. The Morgan fingerprint density at radius 1 is 1.42 bits per heavy atom. The lowest BCUT2D eigenvalue weighted by Gasteiger charge is -2.26. The highest BCUT2D eigenvalue weighted by Gasteiger charge is 2.17. The molecule has 0 bridgehead atoms. The van der Waals surface area contributed by atoms with Crippen molar-refractivity contribution in [1.29, 1.82) is 0 Å². The number of anilines is 1. The molecule has 7 nitrogen and oxygen atoms in total. The number of ether oxygens (including phenoxy) is 2. The third-order valence-corrected chi connectivity index (χ3v) is 2.84. The summed E-state index contributed by atoms with van der Waals surface area (Å²) in [6.07, 6.45) is -0.364. The first-order valence-electron chi connectivity index (χ1n) is 5.96. The van der Waals surface area contributed by atoms with Crippen molar-refractivity contribution in [3.05, 3.63) is 27.9 Å². The highest BCUT2D eigenvalue weighted by atomic mass is 16.7. The number of aryl methyl sites for hydroxylation is 1. The second kappa shape index (κ2) is 7.01. The summed E-state index contributed by atoms with van der Waals surface area (Å²) in [5, 5.41) is 10.8. The van der Waals surface area contributed by atoms with Crippen LogP contribution in [0, 0.1) is 17.0 Å². The number of methoxy groups -OCH3 is 2. The Balaban J connectivity index is 2.93. The Labute approximate surface area is 112 Å². The van der Waals surface area contributed by atoms with Crippen molar-refractivity contribution in [2.24, 2.45) is 0 Å². The summed E-state index contributed by atoms with van der Waals surface area (Å²) in [7, 11) is 3.13. The molecule has 0 amide bonds. The molecule has 0 atom stereocenters. The van der Waals surface area contributed by atoms with Crippen molar-refractivity contribution in [3.63, 3.8) is 0 Å². The van der Waals surface area contributed by atoms with E-state index in [1.165, 1.54) is 6.07 Å². The maximum Gasteiger partial charge on any atom is 0.290 e. The molecule has 1 aromatic rings. The lowest BCUT2D eigenvalue weighted by molar-refractivity contribution is -0.385. The van der Waals surface area contributed by atoms with Crippen LogP contribution in [0.1, 0.15) is 12.6 Å². The number of aromatic nitrogens is 1. The second-order valence-electron chi connectivity index (χ2n) is 3.97. The topological polar surface area (TPSA) is 77.7 Å². The molecule has 0 N–H and O–H groups in total. The predicted molar refractivity (Wildman–Crippen MR) is 71.3 cm³/mol. The quantitative estimate of drug-likeness (QED) is 0.426. The molecule has 0 saturated carbocycles. The van der Waals surface area contributed by atoms with E-state index < -0.39 is 4.92 Å². The largest absolute Gasteiger partial charge is 0.354 e. The van der Waals surface area contributed by atoms with Crippen LogP contribution in [0.2, 0.25) is 0 Å². The number of hydrogen-bond donors (Lipinski definition) is 0. The molecule has 1 aromatic heterocycles. The second-order valence-corrected chi connectivity index (χ2v) is 3.97. The van der Waals surface area contributed by atoms with Crippen LogP contribution >= 0.6 is 0 Å². The first-order chi connectivity index (χ1) is 9.03. The van der Waals surface area contributed by atoms with E-state index in [9.17, 15) is 10.1 Å². The Morgan fingerprint density at radius 3 is 2.47 bits per heavy atom. The normalized spacial score (nSPS) is 10.8. The lowest BCUT2D eigenvalue weighted by atomic mass is 10.3. The number of nitro groups is 1. The van der Waals surface area contributed by atoms with Crippen LogP contribution in [0.4, 0.5) is 11.5 Å². The third kappa shape index (κ3) is 3.87. The summed E-state index contributed by atoms with van der Waals surface area (Å²) in [4.78, 5) is 16.5. The summed E-state index contributed by atoms with van der Waals surface area (Å²) in [6.45, 7) is 4.81. The fraction of sp³-hybridized carbons (Fsp3) is 0.583. The van der Waals surface area contributed by atoms with Gasteiger partial charge in [0.2, 0.25) is 0 Å². The van der Waals surface area contributed by atoms with Gasteiger partial charge in [-0.1, -0.05) is 0 Å². The summed E-state index contributed by atoms with van der Waals surface area (Å²) in [5.74, 6) is 0.671. The predicted octanol–water partition coefficient (Wildman–Crippen LogP) is 1.74. The SMILES string of the molecule is CCN(CC(OC)OC)c1ccc([N+](=O)[O-])c(C)n1. The minimum atomic E-state index is -0.435. The van der Waals surface area contributed by atoms with Crippen molar-refractivity contribution in [2.75, 3.05) is 32.2 Å². The molecule has 0 aliphatic carbocycles. The van der Waals surface area contributed by atoms with E-state index in [1.54, 1.807) is 27.2 Å². The molecule has 0 spiro atoms. The van der Waals surface area contributed by atoms with Crippen LogP contribution in [0.15, 0.2) is 12.1 Å². The lowest BCUT2D eigenvalue weighted by Crippen LogP contribution is -2.35. The number of rotatable bonds is 7. The van der Waals surface area contributed by atoms with E-state index in [0.29, 0.717) is 24.6 Å². The van der Waals surface area contributed by atoms with Crippen molar-refractivity contribution in [1.82, 2.24) is 4.98 Å². The molecule has 1 heterocycles. The van der Waals surface area contributed by atoms with Gasteiger partial charge in [-0.25, -0.2) is 4.98 Å². The third-order valence-electron chi connectivity index (χ3n) is 2.84. The molecular formula is C12H19N3O4. The van der Waals surface area contributed by atoms with Gasteiger partial charge in [0.05, 0.1) is 11.5 Å². The van der Waals surface area contributed by atoms with Crippen LogP contribution in [-0.2, 0) is 9.47 Å². The van der Waals surface area contributed by atoms with Gasteiger partial charge in [0, 0.05) is 26.8 Å². The monoisotopic (exact) mass is 269 g/mol. The van der Waals surface area contributed by atoms with Gasteiger partial charge in [-0.3, -0.25) is 10.1 Å². The molecular weight excluding hydrogens is 250 g/mol. The number of likely N-dealkylation sites (N-methyl/N-ethyl adjacent to an activating group) is 1. The zero-order valence-corrected chi connectivity index (χ0v) is 11.6. The molecule has 1 rings (SSSR count). The maximum absolute atomic E-state index is 10.8. The molecule has 0 unspecified atom stereocenters. The molecule has 0 aliphatic heterocycles. The molecule has 0 fully saturated rings. The first-order valence-corrected chi connectivity index (χ1v) is 5.96. The van der Waals surface area contributed by atoms with E-state index in [1.807, 2.05) is 11.8 Å². The fourth-order valence-corrected chi connectivity index (χ4v) is 1.72.